The fourth-order valence-corrected chi connectivity index (χ4v) is 3.47. The standard InChI is InChI=1S/C14H25N3OS/c1-5-18-12-6-14(15,13(12,3)4)9-16-7-11-8-17-10(2)19-11/h8,12,16H,5-7,9,15H2,1-4H3. The lowest BCUT2D eigenvalue weighted by Gasteiger charge is -2.59. The number of hydrogen-bond acceptors (Lipinski definition) is 5. The van der Waals surface area contributed by atoms with Gasteiger partial charge in [0.2, 0.25) is 0 Å². The molecule has 0 amide bonds. The molecule has 2 rings (SSSR count). The lowest BCUT2D eigenvalue weighted by molar-refractivity contribution is -0.148. The lowest BCUT2D eigenvalue weighted by atomic mass is 9.54. The average Bonchev–Trinajstić information content (AvgIpc) is 2.75. The van der Waals surface area contributed by atoms with E-state index in [9.17, 15) is 0 Å². The molecule has 4 nitrogen and oxygen atoms in total. The van der Waals surface area contributed by atoms with Crippen molar-refractivity contribution in [2.75, 3.05) is 13.2 Å². The van der Waals surface area contributed by atoms with Gasteiger partial charge in [0.05, 0.1) is 11.1 Å². The van der Waals surface area contributed by atoms with Crippen molar-refractivity contribution in [1.29, 1.82) is 0 Å². The molecule has 1 aliphatic carbocycles. The van der Waals surface area contributed by atoms with E-state index >= 15 is 0 Å². The first-order valence-electron chi connectivity index (χ1n) is 6.91. The second kappa shape index (κ2) is 5.48. The zero-order valence-electron chi connectivity index (χ0n) is 12.3. The molecule has 2 atom stereocenters. The van der Waals surface area contributed by atoms with E-state index in [1.807, 2.05) is 20.0 Å². The Morgan fingerprint density at radius 2 is 2.32 bits per heavy atom. The largest absolute Gasteiger partial charge is 0.378 e. The number of ether oxygens (including phenoxy) is 1. The molecule has 1 aromatic rings. The molecule has 2 unspecified atom stereocenters. The van der Waals surface area contributed by atoms with E-state index in [2.05, 4.69) is 24.1 Å². The number of aryl methyl sites for hydroxylation is 1. The first kappa shape index (κ1) is 14.9. The van der Waals surface area contributed by atoms with E-state index in [1.54, 1.807) is 11.3 Å². The Morgan fingerprint density at radius 3 is 2.84 bits per heavy atom. The van der Waals surface area contributed by atoms with Crippen LogP contribution >= 0.6 is 11.3 Å². The van der Waals surface area contributed by atoms with Gasteiger partial charge in [0.25, 0.3) is 0 Å². The summed E-state index contributed by atoms with van der Waals surface area (Å²) in [6.45, 7) is 10.9. The van der Waals surface area contributed by atoms with Crippen LogP contribution < -0.4 is 11.1 Å². The summed E-state index contributed by atoms with van der Waals surface area (Å²) in [4.78, 5) is 5.52. The molecule has 1 fully saturated rings. The van der Waals surface area contributed by atoms with Gasteiger partial charge in [0, 0.05) is 41.7 Å². The minimum Gasteiger partial charge on any atom is -0.378 e. The quantitative estimate of drug-likeness (QED) is 0.839. The van der Waals surface area contributed by atoms with Gasteiger partial charge in [-0.1, -0.05) is 13.8 Å². The highest BCUT2D eigenvalue weighted by molar-refractivity contribution is 7.11. The van der Waals surface area contributed by atoms with Crippen molar-refractivity contribution >= 4 is 11.3 Å². The zero-order chi connectivity index (χ0) is 14.1. The summed E-state index contributed by atoms with van der Waals surface area (Å²) in [6.07, 6.45) is 3.16. The van der Waals surface area contributed by atoms with E-state index < -0.39 is 0 Å². The second-order valence-corrected chi connectivity index (χ2v) is 7.29. The van der Waals surface area contributed by atoms with E-state index in [0.717, 1.165) is 31.1 Å². The molecular formula is C14H25N3OS. The first-order chi connectivity index (χ1) is 8.89. The Hall–Kier alpha value is -0.490. The molecule has 1 aliphatic rings. The molecule has 19 heavy (non-hydrogen) atoms. The third-order valence-corrected chi connectivity index (χ3v) is 5.33. The normalized spacial score (nSPS) is 29.2. The van der Waals surface area contributed by atoms with E-state index in [1.165, 1.54) is 4.88 Å². The molecule has 1 saturated carbocycles. The molecule has 0 radical (unpaired) electrons. The van der Waals surface area contributed by atoms with Crippen LogP contribution in [0, 0.1) is 12.3 Å². The minimum atomic E-state index is -0.174. The van der Waals surface area contributed by atoms with E-state index in [0.29, 0.717) is 0 Å². The Labute approximate surface area is 119 Å². The topological polar surface area (TPSA) is 60.2 Å². The summed E-state index contributed by atoms with van der Waals surface area (Å²) in [5, 5.41) is 4.58. The number of nitrogens with zero attached hydrogens (tertiary/aromatic N) is 1. The van der Waals surface area contributed by atoms with Gasteiger partial charge in [0.1, 0.15) is 0 Å². The number of hydrogen-bond donors (Lipinski definition) is 2. The van der Waals surface area contributed by atoms with Crippen molar-refractivity contribution in [3.8, 4) is 0 Å². The molecule has 0 saturated heterocycles. The highest BCUT2D eigenvalue weighted by Gasteiger charge is 2.58. The average molecular weight is 283 g/mol. The summed E-state index contributed by atoms with van der Waals surface area (Å²) in [7, 11) is 0. The highest BCUT2D eigenvalue weighted by Crippen LogP contribution is 2.49. The number of nitrogens with two attached hydrogens (primary N) is 1. The first-order valence-corrected chi connectivity index (χ1v) is 7.73. The number of aromatic nitrogens is 1. The van der Waals surface area contributed by atoms with Gasteiger partial charge in [-0.05, 0) is 20.3 Å². The predicted molar refractivity (Wildman–Crippen MR) is 79.3 cm³/mol. The van der Waals surface area contributed by atoms with Gasteiger partial charge in [-0.3, -0.25) is 0 Å². The maximum absolute atomic E-state index is 6.52. The Morgan fingerprint density at radius 1 is 1.58 bits per heavy atom. The Balaban J connectivity index is 1.83. The molecule has 0 spiro atoms. The summed E-state index contributed by atoms with van der Waals surface area (Å²) < 4.78 is 5.74. The Kier molecular flexibility index (Phi) is 4.30. The van der Waals surface area contributed by atoms with Crippen LogP contribution in [0.1, 0.15) is 37.1 Å². The molecule has 1 heterocycles. The molecule has 0 bridgehead atoms. The van der Waals surface area contributed by atoms with Crippen molar-refractivity contribution in [2.24, 2.45) is 11.1 Å². The molecule has 0 aromatic carbocycles. The van der Waals surface area contributed by atoms with Crippen LogP contribution in [0.2, 0.25) is 0 Å². The van der Waals surface area contributed by atoms with Crippen molar-refractivity contribution in [2.45, 2.75) is 52.3 Å². The highest BCUT2D eigenvalue weighted by atomic mass is 32.1. The van der Waals surface area contributed by atoms with Crippen LogP contribution in [0.15, 0.2) is 6.20 Å². The van der Waals surface area contributed by atoms with Crippen LogP contribution in [-0.2, 0) is 11.3 Å². The SMILES string of the molecule is CCOC1CC(N)(CNCc2cnc(C)s2)C1(C)C. The van der Waals surface area contributed by atoms with Gasteiger partial charge in [-0.2, -0.15) is 0 Å². The molecule has 3 N–H and O–H groups in total. The van der Waals surface area contributed by atoms with Crippen LogP contribution in [0.4, 0.5) is 0 Å². The van der Waals surface area contributed by atoms with Gasteiger partial charge in [-0.15, -0.1) is 11.3 Å². The van der Waals surface area contributed by atoms with Gasteiger partial charge < -0.3 is 15.8 Å². The number of nitrogens with one attached hydrogen (secondary N) is 1. The van der Waals surface area contributed by atoms with E-state index in [4.69, 9.17) is 10.5 Å². The van der Waals surface area contributed by atoms with Crippen molar-refractivity contribution < 1.29 is 4.74 Å². The smallest absolute Gasteiger partial charge is 0.0897 e. The summed E-state index contributed by atoms with van der Waals surface area (Å²) >= 11 is 1.73. The summed E-state index contributed by atoms with van der Waals surface area (Å²) in [5.41, 5.74) is 6.37. The van der Waals surface area contributed by atoms with Crippen LogP contribution in [0.25, 0.3) is 0 Å². The Bertz CT molecular complexity index is 432. The van der Waals surface area contributed by atoms with Crippen LogP contribution in [0.5, 0.6) is 0 Å². The maximum Gasteiger partial charge on any atom is 0.0897 e. The van der Waals surface area contributed by atoms with Crippen molar-refractivity contribution in [3.63, 3.8) is 0 Å². The fraction of sp³-hybridized carbons (Fsp3) is 0.786. The molecule has 0 aliphatic heterocycles. The second-order valence-electron chi connectivity index (χ2n) is 5.98. The maximum atomic E-state index is 6.52. The molecular weight excluding hydrogens is 258 g/mol. The number of rotatable bonds is 6. The minimum absolute atomic E-state index is 0.0274. The van der Waals surface area contributed by atoms with E-state index in [-0.39, 0.29) is 17.1 Å². The predicted octanol–water partition coefficient (Wildman–Crippen LogP) is 2.07. The zero-order valence-corrected chi connectivity index (χ0v) is 13.1. The lowest BCUT2D eigenvalue weighted by Crippen LogP contribution is -2.73. The van der Waals surface area contributed by atoms with Gasteiger partial charge in [-0.25, -0.2) is 4.98 Å². The van der Waals surface area contributed by atoms with Gasteiger partial charge in [0.15, 0.2) is 0 Å². The van der Waals surface area contributed by atoms with Gasteiger partial charge >= 0.3 is 0 Å². The van der Waals surface area contributed by atoms with Crippen molar-refractivity contribution in [3.05, 3.63) is 16.1 Å². The van der Waals surface area contributed by atoms with Crippen LogP contribution in [0.3, 0.4) is 0 Å². The third-order valence-electron chi connectivity index (χ3n) is 4.41. The van der Waals surface area contributed by atoms with Crippen molar-refractivity contribution in [1.82, 2.24) is 10.3 Å². The molecule has 5 heteroatoms. The third kappa shape index (κ3) is 2.84. The monoisotopic (exact) mass is 283 g/mol. The molecule has 108 valence electrons. The summed E-state index contributed by atoms with van der Waals surface area (Å²) in [6, 6.07) is 0. The molecule has 1 aromatic heterocycles. The number of thiazole rings is 1. The fourth-order valence-electron chi connectivity index (χ4n) is 2.70. The summed E-state index contributed by atoms with van der Waals surface area (Å²) in [5.74, 6) is 0. The van der Waals surface area contributed by atoms with Crippen LogP contribution in [-0.4, -0.2) is 29.8 Å².